The van der Waals surface area contributed by atoms with E-state index in [1.165, 1.54) is 0 Å². The zero-order valence-corrected chi connectivity index (χ0v) is 12.2. The van der Waals surface area contributed by atoms with Gasteiger partial charge in [0.25, 0.3) is 0 Å². The number of hydrogen-bond acceptors (Lipinski definition) is 4. The van der Waals surface area contributed by atoms with Crippen LogP contribution in [0.1, 0.15) is 30.6 Å². The van der Waals surface area contributed by atoms with Crippen LogP contribution in [-0.4, -0.2) is 44.2 Å². The molecule has 4 nitrogen and oxygen atoms in total. The molecular weight excluding hydrogens is 242 g/mol. The summed E-state index contributed by atoms with van der Waals surface area (Å²) in [6, 6.07) is 7.06. The van der Waals surface area contributed by atoms with E-state index in [0.29, 0.717) is 12.2 Å². The fourth-order valence-corrected chi connectivity index (χ4v) is 1.39. The molecule has 0 aliphatic rings. The fraction of sp³-hybridized carbons (Fsp3) is 0.533. The Morgan fingerprint density at radius 2 is 1.89 bits per heavy atom. The van der Waals surface area contributed by atoms with Crippen molar-refractivity contribution in [3.63, 3.8) is 0 Å². The minimum atomic E-state index is -0.295. The summed E-state index contributed by atoms with van der Waals surface area (Å²) in [5.74, 6) is 0.483. The van der Waals surface area contributed by atoms with E-state index >= 15 is 0 Å². The summed E-state index contributed by atoms with van der Waals surface area (Å²) >= 11 is 0. The van der Waals surface area contributed by atoms with Gasteiger partial charge in [-0.2, -0.15) is 0 Å². The molecule has 1 rings (SSSR count). The Labute approximate surface area is 115 Å². The highest BCUT2D eigenvalue weighted by atomic mass is 16.5. The third kappa shape index (κ3) is 5.75. The van der Waals surface area contributed by atoms with Crippen LogP contribution in [0.2, 0.25) is 0 Å². The minimum absolute atomic E-state index is 0.179. The number of ether oxygens (including phenoxy) is 2. The molecule has 1 atom stereocenters. The predicted octanol–water partition coefficient (Wildman–Crippen LogP) is 2.58. The molecule has 0 saturated heterocycles. The van der Waals surface area contributed by atoms with E-state index in [-0.39, 0.29) is 12.1 Å². The molecule has 0 saturated carbocycles. The van der Waals surface area contributed by atoms with Gasteiger partial charge in [0.15, 0.2) is 0 Å². The maximum absolute atomic E-state index is 11.7. The number of nitrogens with zero attached hydrogens (tertiary/aromatic N) is 1. The zero-order chi connectivity index (χ0) is 14.3. The van der Waals surface area contributed by atoms with Crippen molar-refractivity contribution >= 4 is 5.97 Å². The van der Waals surface area contributed by atoms with Crippen LogP contribution in [0, 0.1) is 0 Å². The molecule has 0 spiro atoms. The molecule has 4 heteroatoms. The lowest BCUT2D eigenvalue weighted by Crippen LogP contribution is -2.20. The lowest BCUT2D eigenvalue weighted by molar-refractivity contribution is 0.0482. The SMILES string of the molecule is CCC(C)Oc1ccc(C(=O)OCCN(C)C)cc1. The molecule has 19 heavy (non-hydrogen) atoms. The van der Waals surface area contributed by atoms with E-state index in [2.05, 4.69) is 6.92 Å². The summed E-state index contributed by atoms with van der Waals surface area (Å²) in [5.41, 5.74) is 0.551. The van der Waals surface area contributed by atoms with Crippen LogP contribution < -0.4 is 4.74 Å². The zero-order valence-electron chi connectivity index (χ0n) is 12.2. The van der Waals surface area contributed by atoms with Crippen LogP contribution in [-0.2, 0) is 4.74 Å². The highest BCUT2D eigenvalue weighted by Crippen LogP contribution is 2.15. The molecule has 0 fully saturated rings. The molecule has 0 aliphatic heterocycles. The van der Waals surface area contributed by atoms with Crippen LogP contribution in [0.15, 0.2) is 24.3 Å². The maximum atomic E-state index is 11.7. The summed E-state index contributed by atoms with van der Waals surface area (Å²) in [5, 5.41) is 0. The van der Waals surface area contributed by atoms with E-state index in [1.807, 2.05) is 25.9 Å². The van der Waals surface area contributed by atoms with Gasteiger partial charge in [-0.1, -0.05) is 6.92 Å². The lowest BCUT2D eigenvalue weighted by atomic mass is 10.2. The highest BCUT2D eigenvalue weighted by Gasteiger charge is 2.08. The van der Waals surface area contributed by atoms with Crippen LogP contribution in [0.3, 0.4) is 0 Å². The fourth-order valence-electron chi connectivity index (χ4n) is 1.39. The molecule has 0 aliphatic carbocycles. The number of benzene rings is 1. The topological polar surface area (TPSA) is 38.8 Å². The second-order valence-corrected chi connectivity index (χ2v) is 4.80. The van der Waals surface area contributed by atoms with Crippen LogP contribution >= 0.6 is 0 Å². The van der Waals surface area contributed by atoms with Crippen molar-refractivity contribution in [1.29, 1.82) is 0 Å². The second-order valence-electron chi connectivity index (χ2n) is 4.80. The number of esters is 1. The number of hydrogen-bond donors (Lipinski definition) is 0. The van der Waals surface area contributed by atoms with Gasteiger partial charge < -0.3 is 14.4 Å². The summed E-state index contributed by atoms with van der Waals surface area (Å²) < 4.78 is 10.8. The molecule has 0 radical (unpaired) electrons. The average molecular weight is 265 g/mol. The van der Waals surface area contributed by atoms with Crippen LogP contribution in [0.4, 0.5) is 0 Å². The molecular formula is C15H23NO3. The van der Waals surface area contributed by atoms with Gasteiger partial charge in [-0.05, 0) is 51.7 Å². The molecule has 106 valence electrons. The summed E-state index contributed by atoms with van der Waals surface area (Å²) in [7, 11) is 3.88. The summed E-state index contributed by atoms with van der Waals surface area (Å²) in [4.78, 5) is 13.7. The quantitative estimate of drug-likeness (QED) is 0.710. The third-order valence-electron chi connectivity index (χ3n) is 2.77. The Balaban J connectivity index is 2.48. The van der Waals surface area contributed by atoms with Gasteiger partial charge in [-0.3, -0.25) is 0 Å². The normalized spacial score (nSPS) is 12.3. The largest absolute Gasteiger partial charge is 0.491 e. The van der Waals surface area contributed by atoms with Gasteiger partial charge in [0, 0.05) is 6.54 Å². The monoisotopic (exact) mass is 265 g/mol. The van der Waals surface area contributed by atoms with Gasteiger partial charge in [-0.25, -0.2) is 4.79 Å². The maximum Gasteiger partial charge on any atom is 0.338 e. The molecule has 0 heterocycles. The van der Waals surface area contributed by atoms with Crippen molar-refractivity contribution in [1.82, 2.24) is 4.90 Å². The Kier molecular flexibility index (Phi) is 6.36. The van der Waals surface area contributed by atoms with E-state index < -0.39 is 0 Å². The molecule has 1 aromatic rings. The Bertz CT molecular complexity index is 387. The van der Waals surface area contributed by atoms with Gasteiger partial charge in [0.1, 0.15) is 12.4 Å². The summed E-state index contributed by atoms with van der Waals surface area (Å²) in [6.45, 7) is 5.21. The van der Waals surface area contributed by atoms with E-state index in [0.717, 1.165) is 18.7 Å². The first-order valence-electron chi connectivity index (χ1n) is 6.61. The summed E-state index contributed by atoms with van der Waals surface area (Å²) in [6.07, 6.45) is 1.13. The number of carbonyl (C=O) groups excluding carboxylic acids is 1. The highest BCUT2D eigenvalue weighted by molar-refractivity contribution is 5.89. The first-order valence-corrected chi connectivity index (χ1v) is 6.61. The van der Waals surface area contributed by atoms with E-state index in [1.54, 1.807) is 24.3 Å². The molecule has 0 aromatic heterocycles. The Hall–Kier alpha value is -1.55. The molecule has 1 unspecified atom stereocenters. The minimum Gasteiger partial charge on any atom is -0.491 e. The van der Waals surface area contributed by atoms with Gasteiger partial charge in [0.2, 0.25) is 0 Å². The Morgan fingerprint density at radius 3 is 2.42 bits per heavy atom. The van der Waals surface area contributed by atoms with Crippen molar-refractivity contribution in [3.8, 4) is 5.75 Å². The first-order chi connectivity index (χ1) is 9.02. The molecule has 0 amide bonds. The standard InChI is InChI=1S/C15H23NO3/c1-5-12(2)19-14-8-6-13(7-9-14)15(17)18-11-10-16(3)4/h6-9,12H,5,10-11H2,1-4H3. The smallest absolute Gasteiger partial charge is 0.338 e. The molecule has 0 N–H and O–H groups in total. The van der Waals surface area contributed by atoms with Gasteiger partial charge in [0.05, 0.1) is 11.7 Å². The third-order valence-corrected chi connectivity index (χ3v) is 2.77. The molecule has 1 aromatic carbocycles. The second kappa shape index (κ2) is 7.79. The molecule has 0 bridgehead atoms. The van der Waals surface area contributed by atoms with Crippen LogP contribution in [0.25, 0.3) is 0 Å². The van der Waals surface area contributed by atoms with Crippen molar-refractivity contribution in [2.24, 2.45) is 0 Å². The lowest BCUT2D eigenvalue weighted by Gasteiger charge is -2.13. The van der Waals surface area contributed by atoms with E-state index in [9.17, 15) is 4.79 Å². The van der Waals surface area contributed by atoms with Gasteiger partial charge in [-0.15, -0.1) is 0 Å². The van der Waals surface area contributed by atoms with Crippen molar-refractivity contribution in [2.45, 2.75) is 26.4 Å². The van der Waals surface area contributed by atoms with Crippen molar-refractivity contribution in [3.05, 3.63) is 29.8 Å². The van der Waals surface area contributed by atoms with E-state index in [4.69, 9.17) is 9.47 Å². The number of rotatable bonds is 7. The van der Waals surface area contributed by atoms with Crippen molar-refractivity contribution < 1.29 is 14.3 Å². The first kappa shape index (κ1) is 15.5. The van der Waals surface area contributed by atoms with Crippen LogP contribution in [0.5, 0.6) is 5.75 Å². The average Bonchev–Trinajstić information content (AvgIpc) is 2.38. The van der Waals surface area contributed by atoms with Crippen molar-refractivity contribution in [2.75, 3.05) is 27.2 Å². The Morgan fingerprint density at radius 1 is 1.26 bits per heavy atom. The number of likely N-dealkylation sites (N-methyl/N-ethyl adjacent to an activating group) is 1. The number of carbonyl (C=O) groups is 1. The van der Waals surface area contributed by atoms with Gasteiger partial charge >= 0.3 is 5.97 Å². The predicted molar refractivity (Wildman–Crippen MR) is 75.7 cm³/mol.